The van der Waals surface area contributed by atoms with Crippen LogP contribution in [0, 0.1) is 12.3 Å². The maximum Gasteiger partial charge on any atom is 0.243 e. The third-order valence-electron chi connectivity index (χ3n) is 6.78. The van der Waals surface area contributed by atoms with E-state index < -0.39 is 23.8 Å². The molecular formula is C30H41N4O4. The number of nitrogens with one attached hydrogen (secondary N) is 2. The van der Waals surface area contributed by atoms with Gasteiger partial charge in [-0.15, -0.1) is 0 Å². The molecule has 3 atom stereocenters. The molecule has 0 aliphatic carbocycles. The Bertz CT molecular complexity index is 1030. The first-order valence-electron chi connectivity index (χ1n) is 13.6. The van der Waals surface area contributed by atoms with E-state index in [0.717, 1.165) is 55.8 Å². The Labute approximate surface area is 226 Å². The minimum atomic E-state index is -0.750. The number of benzene rings is 2. The van der Waals surface area contributed by atoms with Crippen LogP contribution in [-0.2, 0) is 27.4 Å². The van der Waals surface area contributed by atoms with Crippen LogP contribution >= 0.6 is 0 Å². The third kappa shape index (κ3) is 9.82. The van der Waals surface area contributed by atoms with Gasteiger partial charge in [0.25, 0.3) is 0 Å². The summed E-state index contributed by atoms with van der Waals surface area (Å²) < 4.78 is 5.87. The molecule has 3 rings (SSSR count). The molecule has 0 spiro atoms. The van der Waals surface area contributed by atoms with Crippen molar-refractivity contribution in [2.24, 2.45) is 11.7 Å². The first-order valence-corrected chi connectivity index (χ1v) is 13.6. The number of ether oxygens (including phenoxy) is 1. The summed E-state index contributed by atoms with van der Waals surface area (Å²) in [4.78, 5) is 39.7. The molecule has 2 aromatic rings. The van der Waals surface area contributed by atoms with Crippen LogP contribution in [0.4, 0.5) is 0 Å². The lowest BCUT2D eigenvalue weighted by Gasteiger charge is -2.33. The van der Waals surface area contributed by atoms with Crippen LogP contribution in [0.15, 0.2) is 54.6 Å². The predicted octanol–water partition coefficient (Wildman–Crippen LogP) is 3.00. The normalized spacial score (nSPS) is 17.3. The van der Waals surface area contributed by atoms with Crippen LogP contribution in [0.3, 0.4) is 0 Å². The minimum absolute atomic E-state index is 0.0508. The SMILES string of the molecule is CCCN1CCCC(NC(=O)C(Cc2ccc(OCc3ccccc3)cc2)NC(=O)[CH]CC(C)C(N)=O)C1. The second-order valence-electron chi connectivity index (χ2n) is 10.1. The van der Waals surface area contributed by atoms with Crippen molar-refractivity contribution >= 4 is 17.7 Å². The second kappa shape index (κ2) is 15.1. The zero-order valence-corrected chi connectivity index (χ0v) is 22.5. The molecule has 1 heterocycles. The van der Waals surface area contributed by atoms with Gasteiger partial charge in [0.2, 0.25) is 17.7 Å². The Morgan fingerprint density at radius 1 is 1.11 bits per heavy atom. The Hall–Kier alpha value is -3.39. The maximum absolute atomic E-state index is 13.3. The van der Waals surface area contributed by atoms with E-state index >= 15 is 0 Å². The number of piperidine rings is 1. The van der Waals surface area contributed by atoms with Crippen LogP contribution in [0.1, 0.15) is 50.7 Å². The number of primary amides is 1. The maximum atomic E-state index is 13.3. The van der Waals surface area contributed by atoms with E-state index in [0.29, 0.717) is 13.0 Å². The van der Waals surface area contributed by atoms with Gasteiger partial charge in [0, 0.05) is 24.9 Å². The van der Waals surface area contributed by atoms with E-state index in [4.69, 9.17) is 10.5 Å². The van der Waals surface area contributed by atoms with Crippen LogP contribution in [0.5, 0.6) is 5.75 Å². The quantitative estimate of drug-likeness (QED) is 0.354. The molecule has 38 heavy (non-hydrogen) atoms. The Kier molecular flexibility index (Phi) is 11.6. The van der Waals surface area contributed by atoms with E-state index in [1.54, 1.807) is 6.92 Å². The molecule has 0 bridgehead atoms. The topological polar surface area (TPSA) is 114 Å². The molecule has 8 nitrogen and oxygen atoms in total. The molecule has 1 radical (unpaired) electrons. The lowest BCUT2D eigenvalue weighted by molar-refractivity contribution is -0.128. The van der Waals surface area contributed by atoms with Crippen molar-refractivity contribution in [1.82, 2.24) is 15.5 Å². The molecule has 1 aliphatic heterocycles. The fourth-order valence-electron chi connectivity index (χ4n) is 4.53. The van der Waals surface area contributed by atoms with Crippen molar-refractivity contribution in [2.45, 2.75) is 64.6 Å². The smallest absolute Gasteiger partial charge is 0.243 e. The van der Waals surface area contributed by atoms with Gasteiger partial charge in [-0.3, -0.25) is 14.4 Å². The van der Waals surface area contributed by atoms with Crippen LogP contribution < -0.4 is 21.1 Å². The van der Waals surface area contributed by atoms with Gasteiger partial charge >= 0.3 is 0 Å². The molecule has 205 valence electrons. The van der Waals surface area contributed by atoms with Gasteiger partial charge < -0.3 is 26.0 Å². The van der Waals surface area contributed by atoms with Gasteiger partial charge in [0.15, 0.2) is 0 Å². The molecule has 1 saturated heterocycles. The average molecular weight is 522 g/mol. The van der Waals surface area contributed by atoms with Crippen LogP contribution in [-0.4, -0.2) is 54.3 Å². The molecule has 1 fully saturated rings. The highest BCUT2D eigenvalue weighted by Crippen LogP contribution is 2.16. The monoisotopic (exact) mass is 521 g/mol. The third-order valence-corrected chi connectivity index (χ3v) is 6.78. The number of hydrogen-bond acceptors (Lipinski definition) is 5. The summed E-state index contributed by atoms with van der Waals surface area (Å²) in [7, 11) is 0. The molecule has 0 aromatic heterocycles. The highest BCUT2D eigenvalue weighted by atomic mass is 16.5. The van der Waals surface area contributed by atoms with Crippen molar-refractivity contribution in [1.29, 1.82) is 0 Å². The van der Waals surface area contributed by atoms with Gasteiger partial charge in [-0.1, -0.05) is 56.3 Å². The van der Waals surface area contributed by atoms with Gasteiger partial charge in [0.1, 0.15) is 18.4 Å². The van der Waals surface area contributed by atoms with Crippen LogP contribution in [0.2, 0.25) is 0 Å². The standard InChI is InChI=1S/C30H41N4O4/c1-3-17-34-18-7-10-25(20-34)32-30(37)27(33-28(35)16-11-22(2)29(31)36)19-23-12-14-26(15-13-23)38-21-24-8-5-4-6-9-24/h4-6,8-9,12-16,22,25,27H,3,7,10-11,17-21H2,1-2H3,(H2,31,36)(H,32,37)(H,33,35). The van der Waals surface area contributed by atoms with Gasteiger partial charge in [-0.25, -0.2) is 0 Å². The van der Waals surface area contributed by atoms with E-state index in [1.165, 1.54) is 6.42 Å². The highest BCUT2D eigenvalue weighted by molar-refractivity contribution is 5.92. The van der Waals surface area contributed by atoms with Crippen molar-refractivity contribution in [3.05, 3.63) is 72.1 Å². The summed E-state index contributed by atoms with van der Waals surface area (Å²) in [6.45, 7) is 7.17. The predicted molar refractivity (Wildman–Crippen MR) is 148 cm³/mol. The Morgan fingerprint density at radius 2 is 1.84 bits per heavy atom. The number of likely N-dealkylation sites (tertiary alicyclic amines) is 1. The number of rotatable bonds is 14. The van der Waals surface area contributed by atoms with Crippen molar-refractivity contribution in [2.75, 3.05) is 19.6 Å². The molecule has 1 aliphatic rings. The number of nitrogens with zero attached hydrogens (tertiary/aromatic N) is 1. The molecule has 0 saturated carbocycles. The fourth-order valence-corrected chi connectivity index (χ4v) is 4.53. The Morgan fingerprint density at radius 3 is 2.53 bits per heavy atom. The number of nitrogens with two attached hydrogens (primary N) is 1. The molecule has 8 heteroatoms. The first-order chi connectivity index (χ1) is 18.3. The number of carbonyl (C=O) groups excluding carboxylic acids is 3. The van der Waals surface area contributed by atoms with E-state index in [1.807, 2.05) is 54.6 Å². The highest BCUT2D eigenvalue weighted by Gasteiger charge is 2.27. The largest absolute Gasteiger partial charge is 0.489 e. The second-order valence-corrected chi connectivity index (χ2v) is 10.1. The van der Waals surface area contributed by atoms with Crippen molar-refractivity contribution in [3.63, 3.8) is 0 Å². The number of carbonyl (C=O) groups is 3. The van der Waals surface area contributed by atoms with Crippen LogP contribution in [0.25, 0.3) is 0 Å². The zero-order chi connectivity index (χ0) is 27.3. The lowest BCUT2D eigenvalue weighted by atomic mass is 10.0. The zero-order valence-electron chi connectivity index (χ0n) is 22.5. The molecule has 4 N–H and O–H groups in total. The average Bonchev–Trinajstić information content (AvgIpc) is 2.92. The lowest BCUT2D eigenvalue weighted by Crippen LogP contribution is -2.54. The number of amides is 3. The van der Waals surface area contributed by atoms with E-state index in [2.05, 4.69) is 22.5 Å². The fraction of sp³-hybridized carbons (Fsp3) is 0.467. The number of hydrogen-bond donors (Lipinski definition) is 3. The molecular weight excluding hydrogens is 480 g/mol. The van der Waals surface area contributed by atoms with Gasteiger partial charge in [0.05, 0.1) is 6.42 Å². The van der Waals surface area contributed by atoms with Gasteiger partial charge in [-0.05, 0) is 62.0 Å². The minimum Gasteiger partial charge on any atom is -0.489 e. The summed E-state index contributed by atoms with van der Waals surface area (Å²) >= 11 is 0. The summed E-state index contributed by atoms with van der Waals surface area (Å²) in [5.41, 5.74) is 7.29. The summed E-state index contributed by atoms with van der Waals surface area (Å²) in [5, 5.41) is 6.00. The molecule has 3 unspecified atom stereocenters. The summed E-state index contributed by atoms with van der Waals surface area (Å²) in [6.07, 6.45) is 4.97. The van der Waals surface area contributed by atoms with Crippen molar-refractivity contribution < 1.29 is 19.1 Å². The van der Waals surface area contributed by atoms with E-state index in [9.17, 15) is 14.4 Å². The summed E-state index contributed by atoms with van der Waals surface area (Å²) in [6, 6.07) is 16.8. The van der Waals surface area contributed by atoms with E-state index in [-0.39, 0.29) is 18.4 Å². The first kappa shape index (κ1) is 29.2. The summed E-state index contributed by atoms with van der Waals surface area (Å²) in [5.74, 6) is -0.788. The van der Waals surface area contributed by atoms with Crippen molar-refractivity contribution in [3.8, 4) is 5.75 Å². The van der Waals surface area contributed by atoms with Gasteiger partial charge in [-0.2, -0.15) is 0 Å². The molecule has 2 aromatic carbocycles. The Balaban J connectivity index is 1.62. The molecule has 3 amide bonds.